The van der Waals surface area contributed by atoms with Crippen molar-refractivity contribution in [3.05, 3.63) is 54.1 Å². The Morgan fingerprint density at radius 3 is 2.50 bits per heavy atom. The molecule has 0 N–H and O–H groups in total. The molecule has 0 radical (unpaired) electrons. The summed E-state index contributed by atoms with van der Waals surface area (Å²) in [7, 11) is 0. The largest absolute Gasteiger partial charge is 0.494 e. The van der Waals surface area contributed by atoms with Gasteiger partial charge in [0.05, 0.1) is 25.0 Å². The Kier molecular flexibility index (Phi) is 6.62. The monoisotopic (exact) mass is 413 g/mol. The summed E-state index contributed by atoms with van der Waals surface area (Å²) < 4.78 is 32.5. The maximum Gasteiger partial charge on any atom is 0.232 e. The standard InChI is InChI=1S/C22H21F2N3O3/c1-2-30-20-6-4-18(5-7-20)26(9-3-8-25)22(29)15-10-21(28)27(14-15)19-12-16(23)11-17(24)13-19/h4-7,11-13,15H,2-3,9-10,14H2,1H3. The Hall–Kier alpha value is -3.47. The quantitative estimate of drug-likeness (QED) is 0.694. The second-order valence-corrected chi connectivity index (χ2v) is 6.86. The van der Waals surface area contributed by atoms with Gasteiger partial charge in [-0.05, 0) is 43.3 Å². The van der Waals surface area contributed by atoms with E-state index >= 15 is 0 Å². The lowest BCUT2D eigenvalue weighted by molar-refractivity contribution is -0.124. The maximum atomic E-state index is 13.5. The van der Waals surface area contributed by atoms with Crippen molar-refractivity contribution in [2.45, 2.75) is 19.8 Å². The van der Waals surface area contributed by atoms with Crippen LogP contribution < -0.4 is 14.5 Å². The van der Waals surface area contributed by atoms with Crippen molar-refractivity contribution < 1.29 is 23.1 Å². The maximum absolute atomic E-state index is 13.5. The van der Waals surface area contributed by atoms with Crippen molar-refractivity contribution in [2.24, 2.45) is 5.92 Å². The van der Waals surface area contributed by atoms with Crippen molar-refractivity contribution in [1.82, 2.24) is 0 Å². The van der Waals surface area contributed by atoms with Crippen LogP contribution in [0.4, 0.5) is 20.2 Å². The number of hydrogen-bond acceptors (Lipinski definition) is 4. The van der Waals surface area contributed by atoms with Gasteiger partial charge in [0.25, 0.3) is 0 Å². The minimum absolute atomic E-state index is 0.0145. The molecule has 3 rings (SSSR count). The van der Waals surface area contributed by atoms with Crippen LogP contribution in [0.1, 0.15) is 19.8 Å². The van der Waals surface area contributed by atoms with Gasteiger partial charge in [0.2, 0.25) is 11.8 Å². The van der Waals surface area contributed by atoms with Gasteiger partial charge >= 0.3 is 0 Å². The first-order valence-corrected chi connectivity index (χ1v) is 9.60. The summed E-state index contributed by atoms with van der Waals surface area (Å²) in [5, 5.41) is 8.97. The van der Waals surface area contributed by atoms with Gasteiger partial charge in [-0.1, -0.05) is 0 Å². The van der Waals surface area contributed by atoms with E-state index in [-0.39, 0.29) is 43.4 Å². The molecule has 1 aliphatic heterocycles. The third kappa shape index (κ3) is 4.74. The molecule has 30 heavy (non-hydrogen) atoms. The van der Waals surface area contributed by atoms with Crippen LogP contribution in [0.3, 0.4) is 0 Å². The number of nitrogens with zero attached hydrogens (tertiary/aromatic N) is 3. The van der Waals surface area contributed by atoms with Crippen molar-refractivity contribution in [3.63, 3.8) is 0 Å². The zero-order valence-corrected chi connectivity index (χ0v) is 16.5. The summed E-state index contributed by atoms with van der Waals surface area (Å²) in [5.74, 6) is -2.32. The van der Waals surface area contributed by atoms with Gasteiger partial charge in [-0.3, -0.25) is 9.59 Å². The first kappa shape index (κ1) is 21.2. The third-order valence-corrected chi connectivity index (χ3v) is 4.81. The van der Waals surface area contributed by atoms with Crippen LogP contribution in [-0.2, 0) is 9.59 Å². The average molecular weight is 413 g/mol. The number of ether oxygens (including phenoxy) is 1. The number of carbonyl (C=O) groups is 2. The lowest BCUT2D eigenvalue weighted by Crippen LogP contribution is -2.38. The van der Waals surface area contributed by atoms with Gasteiger partial charge in [-0.2, -0.15) is 5.26 Å². The smallest absolute Gasteiger partial charge is 0.232 e. The predicted octanol–water partition coefficient (Wildman–Crippen LogP) is 3.66. The lowest BCUT2D eigenvalue weighted by atomic mass is 10.1. The topological polar surface area (TPSA) is 73.6 Å². The molecule has 1 atom stereocenters. The Morgan fingerprint density at radius 1 is 1.23 bits per heavy atom. The molecule has 1 aliphatic rings. The van der Waals surface area contributed by atoms with Crippen molar-refractivity contribution >= 4 is 23.2 Å². The zero-order chi connectivity index (χ0) is 21.7. The fraction of sp³-hybridized carbons (Fsp3) is 0.318. The van der Waals surface area contributed by atoms with Crippen molar-refractivity contribution in [2.75, 3.05) is 29.5 Å². The molecule has 0 aromatic heterocycles. The number of hydrogen-bond donors (Lipinski definition) is 0. The Morgan fingerprint density at radius 2 is 1.90 bits per heavy atom. The first-order valence-electron chi connectivity index (χ1n) is 9.60. The lowest BCUT2D eigenvalue weighted by Gasteiger charge is -2.25. The van der Waals surface area contributed by atoms with Gasteiger partial charge in [0, 0.05) is 37.0 Å². The fourth-order valence-electron chi connectivity index (χ4n) is 3.46. The summed E-state index contributed by atoms with van der Waals surface area (Å²) in [6, 6.07) is 11.8. The minimum atomic E-state index is -0.794. The number of anilines is 2. The Labute approximate surface area is 173 Å². The number of rotatable bonds is 7. The van der Waals surface area contributed by atoms with E-state index in [1.165, 1.54) is 9.80 Å². The summed E-state index contributed by atoms with van der Waals surface area (Å²) in [5.41, 5.74) is 0.666. The molecule has 1 heterocycles. The molecule has 1 fully saturated rings. The van der Waals surface area contributed by atoms with E-state index in [9.17, 15) is 18.4 Å². The van der Waals surface area contributed by atoms with Gasteiger partial charge in [-0.15, -0.1) is 0 Å². The predicted molar refractivity (Wildman–Crippen MR) is 107 cm³/mol. The molecule has 2 aromatic rings. The van der Waals surface area contributed by atoms with Crippen LogP contribution in [0, 0.1) is 28.9 Å². The fourth-order valence-corrected chi connectivity index (χ4v) is 3.46. The van der Waals surface area contributed by atoms with E-state index in [4.69, 9.17) is 10.00 Å². The van der Waals surface area contributed by atoms with Crippen LogP contribution in [0.15, 0.2) is 42.5 Å². The molecule has 0 bridgehead atoms. The van der Waals surface area contributed by atoms with E-state index in [0.717, 1.165) is 18.2 Å². The number of nitriles is 1. The Bertz CT molecular complexity index is 952. The molecular formula is C22H21F2N3O3. The Balaban J connectivity index is 1.80. The molecule has 0 spiro atoms. The molecule has 2 aromatic carbocycles. The molecule has 1 saturated heterocycles. The first-order chi connectivity index (χ1) is 14.4. The highest BCUT2D eigenvalue weighted by molar-refractivity contribution is 6.04. The van der Waals surface area contributed by atoms with E-state index < -0.39 is 17.6 Å². The third-order valence-electron chi connectivity index (χ3n) is 4.81. The van der Waals surface area contributed by atoms with Gasteiger partial charge in [0.1, 0.15) is 17.4 Å². The van der Waals surface area contributed by atoms with Gasteiger partial charge in [0.15, 0.2) is 0 Å². The average Bonchev–Trinajstić information content (AvgIpc) is 3.10. The van der Waals surface area contributed by atoms with Crippen LogP contribution in [0.5, 0.6) is 5.75 Å². The highest BCUT2D eigenvalue weighted by Gasteiger charge is 2.37. The SMILES string of the molecule is CCOc1ccc(N(CCC#N)C(=O)C2CC(=O)N(c3cc(F)cc(F)c3)C2)cc1. The highest BCUT2D eigenvalue weighted by Crippen LogP contribution is 2.29. The van der Waals surface area contributed by atoms with Crippen LogP contribution in [0.2, 0.25) is 0 Å². The minimum Gasteiger partial charge on any atom is -0.494 e. The van der Waals surface area contributed by atoms with Crippen LogP contribution in [-0.4, -0.2) is 31.5 Å². The molecular weight excluding hydrogens is 392 g/mol. The molecule has 156 valence electrons. The summed E-state index contributed by atoms with van der Waals surface area (Å²) in [4.78, 5) is 28.3. The van der Waals surface area contributed by atoms with E-state index in [1.807, 2.05) is 13.0 Å². The van der Waals surface area contributed by atoms with E-state index in [2.05, 4.69) is 0 Å². The second kappa shape index (κ2) is 9.35. The van der Waals surface area contributed by atoms with Crippen LogP contribution >= 0.6 is 0 Å². The summed E-state index contributed by atoms with van der Waals surface area (Å²) >= 11 is 0. The number of benzene rings is 2. The van der Waals surface area contributed by atoms with E-state index in [1.54, 1.807) is 24.3 Å². The zero-order valence-electron chi connectivity index (χ0n) is 16.5. The highest BCUT2D eigenvalue weighted by atomic mass is 19.1. The molecule has 0 saturated carbocycles. The van der Waals surface area contributed by atoms with E-state index in [0.29, 0.717) is 18.0 Å². The molecule has 1 unspecified atom stereocenters. The van der Waals surface area contributed by atoms with Crippen molar-refractivity contribution in [1.29, 1.82) is 5.26 Å². The number of halogens is 2. The van der Waals surface area contributed by atoms with Gasteiger partial charge in [-0.25, -0.2) is 8.78 Å². The molecule has 0 aliphatic carbocycles. The second-order valence-electron chi connectivity index (χ2n) is 6.86. The molecule has 6 nitrogen and oxygen atoms in total. The number of amides is 2. The number of carbonyl (C=O) groups excluding carboxylic acids is 2. The van der Waals surface area contributed by atoms with Gasteiger partial charge < -0.3 is 14.5 Å². The summed E-state index contributed by atoms with van der Waals surface area (Å²) in [6.45, 7) is 2.56. The summed E-state index contributed by atoms with van der Waals surface area (Å²) in [6.07, 6.45) is 0.0511. The molecule has 2 amide bonds. The molecule has 8 heteroatoms. The van der Waals surface area contributed by atoms with Crippen LogP contribution in [0.25, 0.3) is 0 Å². The normalized spacial score (nSPS) is 15.7. The van der Waals surface area contributed by atoms with Crippen molar-refractivity contribution in [3.8, 4) is 11.8 Å².